The molecule has 0 saturated heterocycles. The van der Waals surface area contributed by atoms with E-state index < -0.39 is 0 Å². The average molecular weight is 464 g/mol. The average Bonchev–Trinajstić information content (AvgIpc) is 3.33. The second-order valence-corrected chi connectivity index (χ2v) is 8.39. The Balaban J connectivity index is 1.43. The Bertz CT molecular complexity index is 1620. The normalized spacial score (nSPS) is 11.1. The van der Waals surface area contributed by atoms with Gasteiger partial charge in [-0.2, -0.15) is 9.50 Å². The van der Waals surface area contributed by atoms with Crippen LogP contribution >= 0.6 is 0 Å². The van der Waals surface area contributed by atoms with E-state index in [9.17, 15) is 9.59 Å². The lowest BCUT2D eigenvalue weighted by atomic mass is 10.1. The van der Waals surface area contributed by atoms with Crippen LogP contribution in [0.15, 0.2) is 90.2 Å². The Labute approximate surface area is 202 Å². The minimum atomic E-state index is -0.258. The number of amides is 1. The maximum atomic E-state index is 13.4. The van der Waals surface area contributed by atoms with Crippen LogP contribution in [0.3, 0.4) is 0 Å². The number of carbonyl (C=O) groups is 1. The van der Waals surface area contributed by atoms with E-state index in [1.54, 1.807) is 6.08 Å². The van der Waals surface area contributed by atoms with Crippen LogP contribution in [-0.2, 0) is 17.8 Å². The number of carbonyl (C=O) groups excluding carboxylic acids is 1. The van der Waals surface area contributed by atoms with Crippen molar-refractivity contribution >= 4 is 28.1 Å². The number of aromatic nitrogens is 4. The Morgan fingerprint density at radius 2 is 1.77 bits per heavy atom. The maximum absolute atomic E-state index is 13.4. The highest BCUT2D eigenvalue weighted by molar-refractivity contribution is 5.94. The summed E-state index contributed by atoms with van der Waals surface area (Å²) in [7, 11) is 0. The maximum Gasteiger partial charge on any atom is 0.279 e. The third-order valence-corrected chi connectivity index (χ3v) is 6.10. The summed E-state index contributed by atoms with van der Waals surface area (Å²) in [6, 6.07) is 23.3. The summed E-state index contributed by atoms with van der Waals surface area (Å²) in [6.45, 7) is 6.19. The lowest BCUT2D eigenvalue weighted by Crippen LogP contribution is -2.27. The van der Waals surface area contributed by atoms with E-state index in [1.807, 2.05) is 84.3 Å². The van der Waals surface area contributed by atoms with Crippen molar-refractivity contribution in [1.82, 2.24) is 19.2 Å². The first-order valence-electron chi connectivity index (χ1n) is 11.5. The molecule has 3 aromatic carbocycles. The lowest BCUT2D eigenvalue weighted by molar-refractivity contribution is -0.116. The minimum absolute atomic E-state index is 0.155. The molecule has 174 valence electrons. The highest BCUT2D eigenvalue weighted by Crippen LogP contribution is 2.20. The highest BCUT2D eigenvalue weighted by Gasteiger charge is 2.19. The van der Waals surface area contributed by atoms with E-state index in [2.05, 4.69) is 22.0 Å². The molecular formula is C28H25N5O2. The molecule has 5 rings (SSSR count). The molecular weight excluding hydrogens is 438 g/mol. The van der Waals surface area contributed by atoms with Gasteiger partial charge >= 0.3 is 0 Å². The van der Waals surface area contributed by atoms with Gasteiger partial charge in [0.2, 0.25) is 11.7 Å². The van der Waals surface area contributed by atoms with Crippen molar-refractivity contribution in [3.8, 4) is 11.4 Å². The van der Waals surface area contributed by atoms with Gasteiger partial charge in [-0.3, -0.25) is 9.59 Å². The molecule has 0 fully saturated rings. The summed E-state index contributed by atoms with van der Waals surface area (Å²) in [4.78, 5) is 30.7. The first-order valence-corrected chi connectivity index (χ1v) is 11.5. The predicted molar refractivity (Wildman–Crippen MR) is 139 cm³/mol. The fourth-order valence-corrected chi connectivity index (χ4v) is 4.28. The molecule has 0 aliphatic carbocycles. The molecule has 0 aliphatic rings. The third kappa shape index (κ3) is 4.36. The van der Waals surface area contributed by atoms with E-state index in [4.69, 9.17) is 0 Å². The summed E-state index contributed by atoms with van der Waals surface area (Å²) in [6.07, 6.45) is 2.21. The molecule has 0 bridgehead atoms. The van der Waals surface area contributed by atoms with Crippen molar-refractivity contribution in [3.05, 3.63) is 107 Å². The Morgan fingerprint density at radius 3 is 2.54 bits per heavy atom. The molecule has 7 heteroatoms. The summed E-state index contributed by atoms with van der Waals surface area (Å²) < 4.78 is 3.24. The Morgan fingerprint density at radius 1 is 1.03 bits per heavy atom. The molecule has 1 N–H and O–H groups in total. The molecule has 2 aromatic heterocycles. The second-order valence-electron chi connectivity index (χ2n) is 8.39. The second kappa shape index (κ2) is 9.38. The summed E-state index contributed by atoms with van der Waals surface area (Å²) in [5.74, 6) is 0.778. The monoisotopic (exact) mass is 463 g/mol. The highest BCUT2D eigenvalue weighted by atomic mass is 16.1. The molecule has 5 aromatic rings. The fraction of sp³-hybridized carbons (Fsp3) is 0.143. The van der Waals surface area contributed by atoms with E-state index in [-0.39, 0.29) is 24.3 Å². The van der Waals surface area contributed by atoms with Crippen molar-refractivity contribution in [2.45, 2.75) is 26.3 Å². The van der Waals surface area contributed by atoms with Gasteiger partial charge in [0.15, 0.2) is 5.82 Å². The number of fused-ring (bicyclic) bond motifs is 2. The topological polar surface area (TPSA) is 81.3 Å². The van der Waals surface area contributed by atoms with Crippen molar-refractivity contribution in [3.63, 3.8) is 0 Å². The molecule has 0 saturated carbocycles. The molecule has 0 unspecified atom stereocenters. The number of benzene rings is 3. The number of anilines is 1. The van der Waals surface area contributed by atoms with Crippen LogP contribution in [0.2, 0.25) is 0 Å². The first kappa shape index (κ1) is 22.3. The number of nitrogens with one attached hydrogen (secondary N) is 1. The first-order chi connectivity index (χ1) is 17.0. The Hall–Kier alpha value is -4.52. The van der Waals surface area contributed by atoms with Gasteiger partial charge < -0.3 is 9.88 Å². The number of nitrogens with zero attached hydrogens (tertiary/aromatic N) is 4. The van der Waals surface area contributed by atoms with Crippen LogP contribution in [0.1, 0.15) is 17.7 Å². The van der Waals surface area contributed by atoms with Crippen LogP contribution in [0.5, 0.6) is 0 Å². The zero-order valence-corrected chi connectivity index (χ0v) is 19.4. The van der Waals surface area contributed by atoms with Crippen molar-refractivity contribution in [1.29, 1.82) is 0 Å². The minimum Gasteiger partial charge on any atom is -0.326 e. The number of hydrogen-bond acceptors (Lipinski definition) is 4. The fourth-order valence-electron chi connectivity index (χ4n) is 4.28. The van der Waals surface area contributed by atoms with Gasteiger partial charge in [0.05, 0.1) is 0 Å². The quantitative estimate of drug-likeness (QED) is 0.352. The lowest BCUT2D eigenvalue weighted by Gasteiger charge is -2.14. The van der Waals surface area contributed by atoms with Crippen LogP contribution in [0, 0.1) is 6.92 Å². The van der Waals surface area contributed by atoms with Gasteiger partial charge in [0.1, 0.15) is 0 Å². The molecule has 35 heavy (non-hydrogen) atoms. The molecule has 7 nitrogen and oxygen atoms in total. The van der Waals surface area contributed by atoms with E-state index in [0.717, 1.165) is 27.7 Å². The largest absolute Gasteiger partial charge is 0.326 e. The Kier molecular flexibility index (Phi) is 5.97. The van der Waals surface area contributed by atoms with E-state index in [1.165, 1.54) is 4.52 Å². The number of allylic oxidation sites excluding steroid dienone is 1. The molecule has 0 radical (unpaired) electrons. The van der Waals surface area contributed by atoms with Crippen molar-refractivity contribution in [2.75, 3.05) is 5.32 Å². The third-order valence-electron chi connectivity index (χ3n) is 6.10. The van der Waals surface area contributed by atoms with Gasteiger partial charge in [0, 0.05) is 35.5 Å². The predicted octanol–water partition coefficient (Wildman–Crippen LogP) is 4.78. The SMILES string of the molecule is C=CCn1c(C)c(CCC(=O)Nc2ccc3ccccc3c2)c(=O)n2nc(-c3ccccc3)nc12. The van der Waals surface area contributed by atoms with Crippen molar-refractivity contribution in [2.24, 2.45) is 0 Å². The van der Waals surface area contributed by atoms with Crippen LogP contribution in [0.25, 0.3) is 27.9 Å². The van der Waals surface area contributed by atoms with Gasteiger partial charge in [-0.25, -0.2) is 0 Å². The van der Waals surface area contributed by atoms with Gasteiger partial charge in [-0.15, -0.1) is 11.7 Å². The van der Waals surface area contributed by atoms with Gasteiger partial charge in [-0.1, -0.05) is 66.7 Å². The zero-order valence-electron chi connectivity index (χ0n) is 19.4. The molecule has 0 spiro atoms. The standard InChI is InChI=1S/C28H25N5O2/c1-3-17-32-19(2)24(27(35)33-28(32)30-26(31-33)21-10-5-4-6-11-21)15-16-25(34)29-23-14-13-20-9-7-8-12-22(20)18-23/h3-14,18H,1,15-17H2,2H3,(H,29,34). The molecule has 0 atom stereocenters. The molecule has 2 heterocycles. The molecule has 0 aliphatic heterocycles. The van der Waals surface area contributed by atoms with E-state index in [0.29, 0.717) is 23.7 Å². The van der Waals surface area contributed by atoms with E-state index >= 15 is 0 Å². The van der Waals surface area contributed by atoms with Gasteiger partial charge in [0.25, 0.3) is 5.56 Å². The van der Waals surface area contributed by atoms with Crippen LogP contribution < -0.4 is 10.9 Å². The number of rotatable bonds is 7. The van der Waals surface area contributed by atoms with Crippen molar-refractivity contribution < 1.29 is 4.79 Å². The summed E-state index contributed by atoms with van der Waals surface area (Å²) in [5.41, 5.74) is 2.60. The molecule has 1 amide bonds. The summed E-state index contributed by atoms with van der Waals surface area (Å²) >= 11 is 0. The number of hydrogen-bond donors (Lipinski definition) is 1. The zero-order chi connectivity index (χ0) is 24.4. The summed E-state index contributed by atoms with van der Waals surface area (Å²) in [5, 5.41) is 9.60. The van der Waals surface area contributed by atoms with Gasteiger partial charge in [-0.05, 0) is 36.2 Å². The van der Waals surface area contributed by atoms with Crippen LogP contribution in [0.4, 0.5) is 5.69 Å². The smallest absolute Gasteiger partial charge is 0.279 e. The van der Waals surface area contributed by atoms with Crippen LogP contribution in [-0.4, -0.2) is 25.1 Å².